The van der Waals surface area contributed by atoms with Crippen molar-refractivity contribution < 1.29 is 4.74 Å². The molecule has 1 fully saturated rings. The van der Waals surface area contributed by atoms with E-state index in [2.05, 4.69) is 41.1 Å². The molecule has 0 aliphatic carbocycles. The van der Waals surface area contributed by atoms with Crippen LogP contribution in [0.5, 0.6) is 5.75 Å². The molecule has 4 heteroatoms. The molecule has 0 atom stereocenters. The Morgan fingerprint density at radius 3 is 2.77 bits per heavy atom. The summed E-state index contributed by atoms with van der Waals surface area (Å²) in [6, 6.07) is 6.20. The summed E-state index contributed by atoms with van der Waals surface area (Å²) in [7, 11) is 0. The fourth-order valence-corrected chi connectivity index (χ4v) is 2.81. The first kappa shape index (κ1) is 14.9. The molecular weight excluding hydrogens is 274 g/mol. The first-order chi connectivity index (χ1) is 10.7. The van der Waals surface area contributed by atoms with Gasteiger partial charge in [-0.1, -0.05) is 6.58 Å². The first-order valence-corrected chi connectivity index (χ1v) is 7.89. The van der Waals surface area contributed by atoms with E-state index in [0.29, 0.717) is 0 Å². The molecule has 2 aliphatic heterocycles. The molecule has 2 heterocycles. The Bertz CT molecular complexity index is 613. The first-order valence-electron chi connectivity index (χ1n) is 7.89. The van der Waals surface area contributed by atoms with Crippen LogP contribution in [0.25, 0.3) is 0 Å². The number of allylic oxidation sites excluding steroid dienone is 2. The van der Waals surface area contributed by atoms with Crippen molar-refractivity contribution in [2.75, 3.05) is 26.2 Å². The van der Waals surface area contributed by atoms with E-state index in [-0.39, 0.29) is 0 Å². The maximum absolute atomic E-state index is 5.93. The molecule has 116 valence electrons. The number of nitrogens with zero attached hydrogens (tertiary/aromatic N) is 2. The van der Waals surface area contributed by atoms with Gasteiger partial charge in [0, 0.05) is 17.8 Å². The van der Waals surface area contributed by atoms with Gasteiger partial charge in [-0.25, -0.2) is 0 Å². The number of benzene rings is 1. The van der Waals surface area contributed by atoms with E-state index in [9.17, 15) is 0 Å². The third kappa shape index (κ3) is 3.57. The van der Waals surface area contributed by atoms with E-state index in [4.69, 9.17) is 4.74 Å². The van der Waals surface area contributed by atoms with Crippen molar-refractivity contribution in [1.29, 1.82) is 0 Å². The molecule has 0 spiro atoms. The predicted octanol–water partition coefficient (Wildman–Crippen LogP) is 2.85. The average Bonchev–Trinajstić information content (AvgIpc) is 3.03. The van der Waals surface area contributed by atoms with Gasteiger partial charge in [0.25, 0.3) is 0 Å². The van der Waals surface area contributed by atoms with E-state index >= 15 is 0 Å². The molecule has 1 saturated heterocycles. The van der Waals surface area contributed by atoms with Gasteiger partial charge in [-0.15, -0.1) is 0 Å². The van der Waals surface area contributed by atoms with E-state index in [1.807, 2.05) is 18.2 Å². The van der Waals surface area contributed by atoms with Crippen molar-refractivity contribution in [1.82, 2.24) is 10.3 Å². The van der Waals surface area contributed by atoms with Crippen molar-refractivity contribution in [3.8, 4) is 5.75 Å². The molecular formula is C18H23N3O. The van der Waals surface area contributed by atoms with Crippen LogP contribution in [0.3, 0.4) is 0 Å². The topological polar surface area (TPSA) is 36.9 Å². The lowest BCUT2D eigenvalue weighted by atomic mass is 10.1. The molecule has 1 aromatic carbocycles. The number of rotatable bonds is 5. The highest BCUT2D eigenvalue weighted by atomic mass is 16.5. The molecule has 2 aliphatic rings. The second-order valence-electron chi connectivity index (χ2n) is 5.84. The summed E-state index contributed by atoms with van der Waals surface area (Å²) in [5.74, 6) is 0.959. The summed E-state index contributed by atoms with van der Waals surface area (Å²) >= 11 is 0. The van der Waals surface area contributed by atoms with E-state index in [1.54, 1.807) is 0 Å². The smallest absolute Gasteiger partial charge is 0.122 e. The van der Waals surface area contributed by atoms with Gasteiger partial charge in [-0.2, -0.15) is 5.10 Å². The number of nitrogens with one attached hydrogen (secondary N) is 1. The van der Waals surface area contributed by atoms with Gasteiger partial charge in [-0.3, -0.25) is 10.3 Å². The summed E-state index contributed by atoms with van der Waals surface area (Å²) in [5, 5.41) is 4.30. The molecule has 0 bridgehead atoms. The molecule has 0 amide bonds. The van der Waals surface area contributed by atoms with Crippen molar-refractivity contribution in [2.45, 2.75) is 19.8 Å². The fourth-order valence-electron chi connectivity index (χ4n) is 2.81. The average molecular weight is 297 g/mol. The lowest BCUT2D eigenvalue weighted by Gasteiger charge is -2.16. The largest absolute Gasteiger partial charge is 0.492 e. The fraction of sp³-hybridized carbons (Fsp3) is 0.389. The molecule has 0 aromatic heterocycles. The zero-order chi connectivity index (χ0) is 15.4. The zero-order valence-electron chi connectivity index (χ0n) is 13.1. The quantitative estimate of drug-likeness (QED) is 0.908. The van der Waals surface area contributed by atoms with Gasteiger partial charge in [-0.05, 0) is 68.8 Å². The summed E-state index contributed by atoms with van der Waals surface area (Å²) in [4.78, 5) is 2.46. The van der Waals surface area contributed by atoms with Crippen molar-refractivity contribution in [3.05, 3.63) is 53.8 Å². The predicted molar refractivity (Wildman–Crippen MR) is 90.3 cm³/mol. The van der Waals surface area contributed by atoms with Crippen LogP contribution in [-0.4, -0.2) is 36.9 Å². The van der Waals surface area contributed by atoms with Gasteiger partial charge < -0.3 is 4.74 Å². The Balaban J connectivity index is 1.59. The SMILES string of the molecule is C=C1C=CC(c2ccc(OCCN3CCCC3)c(C)c2)=NN1. The van der Waals surface area contributed by atoms with Crippen LogP contribution in [0, 0.1) is 6.92 Å². The lowest BCUT2D eigenvalue weighted by molar-refractivity contribution is 0.237. The Morgan fingerprint density at radius 2 is 2.09 bits per heavy atom. The summed E-state index contributed by atoms with van der Waals surface area (Å²) in [5.41, 5.74) is 6.85. The third-order valence-electron chi connectivity index (χ3n) is 4.10. The van der Waals surface area contributed by atoms with Crippen LogP contribution in [0.15, 0.2) is 47.7 Å². The minimum absolute atomic E-state index is 0.752. The number of hydrazone groups is 1. The monoisotopic (exact) mass is 297 g/mol. The van der Waals surface area contributed by atoms with E-state index in [1.165, 1.54) is 25.9 Å². The van der Waals surface area contributed by atoms with Gasteiger partial charge in [0.15, 0.2) is 0 Å². The Kier molecular flexibility index (Phi) is 4.59. The van der Waals surface area contributed by atoms with Gasteiger partial charge in [0.05, 0.1) is 5.71 Å². The van der Waals surface area contributed by atoms with E-state index in [0.717, 1.165) is 41.4 Å². The third-order valence-corrected chi connectivity index (χ3v) is 4.10. The van der Waals surface area contributed by atoms with Crippen molar-refractivity contribution in [2.24, 2.45) is 5.10 Å². The number of aryl methyl sites for hydroxylation is 1. The van der Waals surface area contributed by atoms with Crippen LogP contribution < -0.4 is 10.2 Å². The Labute approximate surface area is 132 Å². The molecule has 0 saturated carbocycles. The Morgan fingerprint density at radius 1 is 1.27 bits per heavy atom. The maximum atomic E-state index is 5.93. The molecule has 1 N–H and O–H groups in total. The summed E-state index contributed by atoms with van der Waals surface area (Å²) < 4.78 is 5.93. The van der Waals surface area contributed by atoms with Crippen LogP contribution in [-0.2, 0) is 0 Å². The summed E-state index contributed by atoms with van der Waals surface area (Å²) in [6.07, 6.45) is 6.55. The van der Waals surface area contributed by atoms with Gasteiger partial charge >= 0.3 is 0 Å². The molecule has 1 aromatic rings. The Hall–Kier alpha value is -2.07. The molecule has 0 unspecified atom stereocenters. The van der Waals surface area contributed by atoms with Crippen LogP contribution >= 0.6 is 0 Å². The van der Waals surface area contributed by atoms with Crippen LogP contribution in [0.2, 0.25) is 0 Å². The molecule has 0 radical (unpaired) electrons. The lowest BCUT2D eigenvalue weighted by Crippen LogP contribution is -2.25. The minimum Gasteiger partial charge on any atom is -0.492 e. The van der Waals surface area contributed by atoms with Gasteiger partial charge in [0.2, 0.25) is 0 Å². The van der Waals surface area contributed by atoms with Crippen LogP contribution in [0.1, 0.15) is 24.0 Å². The number of ether oxygens (including phenoxy) is 1. The standard InChI is InChI=1S/C18H23N3O/c1-14-13-16(17-7-5-15(2)19-20-17)6-8-18(14)22-12-11-21-9-3-4-10-21/h5-8,13,19H,2-4,9-12H2,1H3. The van der Waals surface area contributed by atoms with Crippen molar-refractivity contribution in [3.63, 3.8) is 0 Å². The minimum atomic E-state index is 0.752. The van der Waals surface area contributed by atoms with E-state index < -0.39 is 0 Å². The maximum Gasteiger partial charge on any atom is 0.122 e. The number of hydrogen-bond acceptors (Lipinski definition) is 4. The number of hydrogen-bond donors (Lipinski definition) is 1. The molecule has 3 rings (SSSR count). The highest BCUT2D eigenvalue weighted by Gasteiger charge is 2.12. The van der Waals surface area contributed by atoms with Gasteiger partial charge in [0.1, 0.15) is 12.4 Å². The molecule has 4 nitrogen and oxygen atoms in total. The van der Waals surface area contributed by atoms with Crippen molar-refractivity contribution >= 4 is 5.71 Å². The second kappa shape index (κ2) is 6.79. The second-order valence-corrected chi connectivity index (χ2v) is 5.84. The number of likely N-dealkylation sites (tertiary alicyclic amines) is 1. The van der Waals surface area contributed by atoms with Crippen LogP contribution in [0.4, 0.5) is 0 Å². The zero-order valence-corrected chi connectivity index (χ0v) is 13.1. The summed E-state index contributed by atoms with van der Waals surface area (Å²) in [6.45, 7) is 10.1. The normalized spacial score (nSPS) is 18.2. The highest BCUT2D eigenvalue weighted by Crippen LogP contribution is 2.20. The molecule has 22 heavy (non-hydrogen) atoms. The highest BCUT2D eigenvalue weighted by molar-refractivity contribution is 6.09.